The number of carboxylic acids is 1. The Bertz CT molecular complexity index is 493. The van der Waals surface area contributed by atoms with Crippen LogP contribution in [0.1, 0.15) is 24.5 Å². The van der Waals surface area contributed by atoms with Crippen LogP contribution in [0, 0.1) is 12.3 Å². The summed E-state index contributed by atoms with van der Waals surface area (Å²) in [5.41, 5.74) is 1.43. The molecule has 1 aromatic rings. The van der Waals surface area contributed by atoms with E-state index in [1.165, 1.54) is 11.6 Å². The SMILES string of the molecule is C=CC(C)(CC1Cc2cc(C)ccc2O1)C(=O)O. The van der Waals surface area contributed by atoms with Crippen molar-refractivity contribution in [3.05, 3.63) is 42.0 Å². The first kappa shape index (κ1) is 12.7. The topological polar surface area (TPSA) is 46.5 Å². The molecule has 1 heterocycles. The standard InChI is InChI=1S/C15H18O3/c1-4-15(3,14(16)17)9-12-8-11-7-10(2)5-6-13(11)18-12/h4-7,12H,1,8-9H2,2-3H3,(H,16,17). The Kier molecular flexibility index (Phi) is 3.16. The van der Waals surface area contributed by atoms with Crippen LogP contribution in [0.25, 0.3) is 0 Å². The number of hydrogen-bond acceptors (Lipinski definition) is 2. The predicted octanol–water partition coefficient (Wildman–Crippen LogP) is 2.97. The van der Waals surface area contributed by atoms with E-state index in [-0.39, 0.29) is 6.10 Å². The summed E-state index contributed by atoms with van der Waals surface area (Å²) in [7, 11) is 0. The quantitative estimate of drug-likeness (QED) is 0.831. The molecule has 1 aliphatic heterocycles. The average molecular weight is 246 g/mol. The number of fused-ring (bicyclic) bond motifs is 1. The zero-order valence-corrected chi connectivity index (χ0v) is 10.8. The molecule has 18 heavy (non-hydrogen) atoms. The molecule has 0 spiro atoms. The molecule has 2 rings (SSSR count). The monoisotopic (exact) mass is 246 g/mol. The molecule has 0 fully saturated rings. The van der Waals surface area contributed by atoms with E-state index >= 15 is 0 Å². The molecule has 0 aliphatic carbocycles. The third-order valence-electron chi connectivity index (χ3n) is 3.55. The number of rotatable bonds is 4. The summed E-state index contributed by atoms with van der Waals surface area (Å²) in [6, 6.07) is 6.06. The fourth-order valence-electron chi connectivity index (χ4n) is 2.29. The number of aryl methyl sites for hydroxylation is 1. The molecule has 1 N–H and O–H groups in total. The van der Waals surface area contributed by atoms with Crippen molar-refractivity contribution in [1.82, 2.24) is 0 Å². The van der Waals surface area contributed by atoms with E-state index in [1.807, 2.05) is 19.1 Å². The van der Waals surface area contributed by atoms with Crippen LogP contribution in [-0.2, 0) is 11.2 Å². The van der Waals surface area contributed by atoms with E-state index in [1.54, 1.807) is 6.92 Å². The van der Waals surface area contributed by atoms with Gasteiger partial charge in [-0.25, -0.2) is 0 Å². The number of carboxylic acid groups (broad SMARTS) is 1. The minimum absolute atomic E-state index is 0.0825. The normalized spacial score (nSPS) is 20.7. The summed E-state index contributed by atoms with van der Waals surface area (Å²) in [5.74, 6) is 0.0237. The molecular weight excluding hydrogens is 228 g/mol. The first-order valence-electron chi connectivity index (χ1n) is 6.08. The third kappa shape index (κ3) is 2.26. The van der Waals surface area contributed by atoms with E-state index < -0.39 is 11.4 Å². The van der Waals surface area contributed by atoms with Crippen molar-refractivity contribution < 1.29 is 14.6 Å². The first-order valence-corrected chi connectivity index (χ1v) is 6.08. The van der Waals surface area contributed by atoms with Crippen LogP contribution in [0.3, 0.4) is 0 Å². The number of benzene rings is 1. The Hall–Kier alpha value is -1.77. The highest BCUT2D eigenvalue weighted by molar-refractivity contribution is 5.76. The molecular formula is C15H18O3. The van der Waals surface area contributed by atoms with E-state index in [2.05, 4.69) is 12.6 Å². The first-order chi connectivity index (χ1) is 8.44. The van der Waals surface area contributed by atoms with Gasteiger partial charge in [-0.3, -0.25) is 4.79 Å². The molecule has 1 aliphatic rings. The minimum atomic E-state index is -0.929. The maximum atomic E-state index is 11.2. The van der Waals surface area contributed by atoms with Gasteiger partial charge in [0.05, 0.1) is 5.41 Å². The average Bonchev–Trinajstić information content (AvgIpc) is 2.69. The van der Waals surface area contributed by atoms with Crippen molar-refractivity contribution in [1.29, 1.82) is 0 Å². The highest BCUT2D eigenvalue weighted by Crippen LogP contribution is 2.35. The van der Waals surface area contributed by atoms with Gasteiger partial charge in [0, 0.05) is 12.8 Å². The molecule has 3 heteroatoms. The van der Waals surface area contributed by atoms with E-state index in [0.29, 0.717) is 6.42 Å². The van der Waals surface area contributed by atoms with Crippen LogP contribution in [0.5, 0.6) is 5.75 Å². The lowest BCUT2D eigenvalue weighted by Gasteiger charge is -2.23. The Labute approximate surface area is 107 Å². The highest BCUT2D eigenvalue weighted by atomic mass is 16.5. The van der Waals surface area contributed by atoms with E-state index in [9.17, 15) is 9.90 Å². The van der Waals surface area contributed by atoms with Gasteiger partial charge < -0.3 is 9.84 Å². The van der Waals surface area contributed by atoms with Gasteiger partial charge in [-0.2, -0.15) is 0 Å². The summed E-state index contributed by atoms with van der Waals surface area (Å²) < 4.78 is 5.80. The van der Waals surface area contributed by atoms with Crippen LogP contribution in [0.2, 0.25) is 0 Å². The van der Waals surface area contributed by atoms with Crippen LogP contribution in [0.15, 0.2) is 30.9 Å². The number of ether oxygens (including phenoxy) is 1. The Balaban J connectivity index is 2.12. The summed E-state index contributed by atoms with van der Waals surface area (Å²) in [4.78, 5) is 11.2. The van der Waals surface area contributed by atoms with E-state index in [0.717, 1.165) is 17.7 Å². The molecule has 0 saturated carbocycles. The lowest BCUT2D eigenvalue weighted by molar-refractivity contribution is -0.146. The lowest BCUT2D eigenvalue weighted by Crippen LogP contribution is -2.31. The van der Waals surface area contributed by atoms with Crippen molar-refractivity contribution in [2.75, 3.05) is 0 Å². The third-order valence-corrected chi connectivity index (χ3v) is 3.55. The van der Waals surface area contributed by atoms with Crippen LogP contribution in [0.4, 0.5) is 0 Å². The minimum Gasteiger partial charge on any atom is -0.490 e. The zero-order chi connectivity index (χ0) is 13.3. The molecule has 0 radical (unpaired) electrons. The summed E-state index contributed by atoms with van der Waals surface area (Å²) >= 11 is 0. The van der Waals surface area contributed by atoms with Crippen molar-refractivity contribution >= 4 is 5.97 Å². The Morgan fingerprint density at radius 2 is 2.39 bits per heavy atom. The lowest BCUT2D eigenvalue weighted by atomic mass is 9.83. The van der Waals surface area contributed by atoms with Gasteiger partial charge in [0.2, 0.25) is 0 Å². The molecule has 96 valence electrons. The van der Waals surface area contributed by atoms with Gasteiger partial charge in [-0.15, -0.1) is 6.58 Å². The molecule has 1 aromatic carbocycles. The van der Waals surface area contributed by atoms with Crippen LogP contribution >= 0.6 is 0 Å². The van der Waals surface area contributed by atoms with Crippen molar-refractivity contribution in [2.45, 2.75) is 32.8 Å². The molecule has 0 bridgehead atoms. The molecule has 0 amide bonds. The predicted molar refractivity (Wildman–Crippen MR) is 69.9 cm³/mol. The second-order valence-electron chi connectivity index (χ2n) is 5.19. The second-order valence-corrected chi connectivity index (χ2v) is 5.19. The largest absolute Gasteiger partial charge is 0.490 e. The summed E-state index contributed by atoms with van der Waals surface area (Å²) in [6.07, 6.45) is 2.63. The van der Waals surface area contributed by atoms with Gasteiger partial charge in [0.1, 0.15) is 11.9 Å². The maximum absolute atomic E-state index is 11.2. The molecule has 2 atom stereocenters. The van der Waals surface area contributed by atoms with Crippen molar-refractivity contribution in [3.63, 3.8) is 0 Å². The van der Waals surface area contributed by atoms with Crippen LogP contribution in [-0.4, -0.2) is 17.2 Å². The van der Waals surface area contributed by atoms with Crippen molar-refractivity contribution in [2.24, 2.45) is 5.41 Å². The number of aliphatic carboxylic acids is 1. The van der Waals surface area contributed by atoms with Gasteiger partial charge in [0.25, 0.3) is 0 Å². The smallest absolute Gasteiger partial charge is 0.313 e. The summed E-state index contributed by atoms with van der Waals surface area (Å²) in [6.45, 7) is 7.34. The zero-order valence-electron chi connectivity index (χ0n) is 10.8. The van der Waals surface area contributed by atoms with Gasteiger partial charge in [-0.1, -0.05) is 23.8 Å². The molecule has 2 unspecified atom stereocenters. The van der Waals surface area contributed by atoms with Crippen LogP contribution < -0.4 is 4.74 Å². The van der Waals surface area contributed by atoms with Gasteiger partial charge in [-0.05, 0) is 25.5 Å². The fraction of sp³-hybridized carbons (Fsp3) is 0.400. The van der Waals surface area contributed by atoms with Crippen molar-refractivity contribution in [3.8, 4) is 5.75 Å². The van der Waals surface area contributed by atoms with E-state index in [4.69, 9.17) is 4.74 Å². The second kappa shape index (κ2) is 4.48. The molecule has 3 nitrogen and oxygen atoms in total. The number of carbonyl (C=O) groups is 1. The molecule has 0 aromatic heterocycles. The molecule has 0 saturated heterocycles. The fourth-order valence-corrected chi connectivity index (χ4v) is 2.29. The number of hydrogen-bond donors (Lipinski definition) is 1. The summed E-state index contributed by atoms with van der Waals surface area (Å²) in [5, 5.41) is 9.23. The van der Waals surface area contributed by atoms with Gasteiger partial charge in [0.15, 0.2) is 0 Å². The maximum Gasteiger partial charge on any atom is 0.313 e. The highest BCUT2D eigenvalue weighted by Gasteiger charge is 2.36. The van der Waals surface area contributed by atoms with Gasteiger partial charge >= 0.3 is 5.97 Å². The Morgan fingerprint density at radius 3 is 3.00 bits per heavy atom. The Morgan fingerprint density at radius 1 is 1.67 bits per heavy atom.